The number of amides is 1. The molecular formula is C22H29F4N5O2. The summed E-state index contributed by atoms with van der Waals surface area (Å²) in [6, 6.07) is 0.760. The predicted molar refractivity (Wildman–Crippen MR) is 112 cm³/mol. The molecule has 0 aliphatic heterocycles. The van der Waals surface area contributed by atoms with E-state index < -0.39 is 23.9 Å². The number of hydrogen-bond acceptors (Lipinski definition) is 5. The monoisotopic (exact) mass is 471 g/mol. The highest BCUT2D eigenvalue weighted by Gasteiger charge is 2.45. The van der Waals surface area contributed by atoms with Gasteiger partial charge in [-0.3, -0.25) is 4.79 Å². The van der Waals surface area contributed by atoms with Crippen molar-refractivity contribution < 1.29 is 27.1 Å². The van der Waals surface area contributed by atoms with Crippen molar-refractivity contribution in [1.29, 1.82) is 0 Å². The zero-order valence-electron chi connectivity index (χ0n) is 18.4. The maximum absolute atomic E-state index is 13.5. The van der Waals surface area contributed by atoms with E-state index >= 15 is 0 Å². The number of carbonyl (C=O) groups is 1. The Labute approximate surface area is 189 Å². The largest absolute Gasteiger partial charge is 0.382 e. The van der Waals surface area contributed by atoms with E-state index in [2.05, 4.69) is 15.4 Å². The Balaban J connectivity index is 1.43. The minimum absolute atomic E-state index is 0.0360. The molecule has 4 rings (SSSR count). The topological polar surface area (TPSA) is 94.5 Å². The molecule has 2 heterocycles. The standard InChI is InChI=1S/C22H29F4N5O2/c1-33-12-17(30-19(32)6-13-8-22(25,26)9-13)15-7-18-29-16(11-31(18)28-10-15)20(27)14-2-4-21(23,24)5-3-14/h7,10-11,13-14,17,20H,2-6,8-9,12,27H2,1H3,(H,30,32)/t17-,20-/m0/s1. The summed E-state index contributed by atoms with van der Waals surface area (Å²) >= 11 is 0. The molecule has 2 aromatic rings. The number of halogens is 4. The molecule has 1 amide bonds. The lowest BCUT2D eigenvalue weighted by atomic mass is 9.79. The molecule has 0 unspecified atom stereocenters. The van der Waals surface area contributed by atoms with Crippen LogP contribution < -0.4 is 11.1 Å². The van der Waals surface area contributed by atoms with Crippen molar-refractivity contribution in [3.8, 4) is 0 Å². The summed E-state index contributed by atoms with van der Waals surface area (Å²) in [5, 5.41) is 7.18. The molecule has 33 heavy (non-hydrogen) atoms. The van der Waals surface area contributed by atoms with E-state index in [9.17, 15) is 22.4 Å². The molecule has 0 aromatic carbocycles. The first-order chi connectivity index (χ1) is 15.5. The lowest BCUT2D eigenvalue weighted by molar-refractivity contribution is -0.134. The zero-order valence-corrected chi connectivity index (χ0v) is 18.4. The third-order valence-corrected chi connectivity index (χ3v) is 6.69. The van der Waals surface area contributed by atoms with Crippen LogP contribution in [0.5, 0.6) is 0 Å². The van der Waals surface area contributed by atoms with Gasteiger partial charge in [0.25, 0.3) is 0 Å². The fraction of sp³-hybridized carbons (Fsp3) is 0.682. The van der Waals surface area contributed by atoms with Crippen molar-refractivity contribution in [3.05, 3.63) is 29.7 Å². The Kier molecular flexibility index (Phi) is 6.63. The molecule has 7 nitrogen and oxygen atoms in total. The van der Waals surface area contributed by atoms with Crippen LogP contribution in [0.3, 0.4) is 0 Å². The summed E-state index contributed by atoms with van der Waals surface area (Å²) in [4.78, 5) is 16.9. The first-order valence-electron chi connectivity index (χ1n) is 11.2. The van der Waals surface area contributed by atoms with Crippen molar-refractivity contribution in [1.82, 2.24) is 19.9 Å². The first-order valence-corrected chi connectivity index (χ1v) is 11.2. The Morgan fingerprint density at radius 2 is 1.97 bits per heavy atom. The van der Waals surface area contributed by atoms with Gasteiger partial charge < -0.3 is 15.8 Å². The Hall–Kier alpha value is -2.27. The zero-order chi connectivity index (χ0) is 23.8. The summed E-state index contributed by atoms with van der Waals surface area (Å²) in [6.45, 7) is 0.174. The fourth-order valence-corrected chi connectivity index (χ4v) is 4.76. The molecule has 11 heteroatoms. The number of aromatic nitrogens is 3. The van der Waals surface area contributed by atoms with Gasteiger partial charge in [-0.2, -0.15) is 5.10 Å². The maximum atomic E-state index is 13.5. The molecule has 182 valence electrons. The third kappa shape index (κ3) is 5.63. The molecule has 2 saturated carbocycles. The molecule has 2 aliphatic rings. The van der Waals surface area contributed by atoms with Gasteiger partial charge in [0, 0.05) is 44.8 Å². The maximum Gasteiger partial charge on any atom is 0.248 e. The summed E-state index contributed by atoms with van der Waals surface area (Å²) in [6.07, 6.45) is 3.12. The number of nitrogens with one attached hydrogen (secondary N) is 1. The first kappa shape index (κ1) is 23.9. The molecule has 2 aliphatic carbocycles. The molecular weight excluding hydrogens is 442 g/mol. The van der Waals surface area contributed by atoms with Gasteiger partial charge in [-0.1, -0.05) is 0 Å². The van der Waals surface area contributed by atoms with Gasteiger partial charge in [0.15, 0.2) is 5.65 Å². The van der Waals surface area contributed by atoms with E-state index in [-0.39, 0.29) is 56.5 Å². The summed E-state index contributed by atoms with van der Waals surface area (Å²) < 4.78 is 59.8. The highest BCUT2D eigenvalue weighted by Crippen LogP contribution is 2.44. The molecule has 0 bridgehead atoms. The number of imidazole rings is 1. The Morgan fingerprint density at radius 3 is 2.61 bits per heavy atom. The van der Waals surface area contributed by atoms with E-state index in [1.165, 1.54) is 7.11 Å². The lowest BCUT2D eigenvalue weighted by Gasteiger charge is -2.34. The predicted octanol–water partition coefficient (Wildman–Crippen LogP) is 3.79. The molecule has 3 N–H and O–H groups in total. The van der Waals surface area contributed by atoms with Crippen LogP contribution in [0, 0.1) is 11.8 Å². The van der Waals surface area contributed by atoms with Crippen LogP contribution in [-0.4, -0.2) is 46.1 Å². The van der Waals surface area contributed by atoms with Gasteiger partial charge in [-0.15, -0.1) is 0 Å². The SMILES string of the molecule is COC[C@H](NC(=O)CC1CC(F)(F)C1)c1cnn2cc([C@@H](N)C3CCC(F)(F)CC3)nc2c1. The average Bonchev–Trinajstić information content (AvgIpc) is 3.15. The fourth-order valence-electron chi connectivity index (χ4n) is 4.76. The lowest BCUT2D eigenvalue weighted by Crippen LogP contribution is -2.40. The van der Waals surface area contributed by atoms with Crippen LogP contribution in [0.15, 0.2) is 18.5 Å². The van der Waals surface area contributed by atoms with Gasteiger partial charge >= 0.3 is 0 Å². The second-order valence-corrected chi connectivity index (χ2v) is 9.39. The smallest absolute Gasteiger partial charge is 0.248 e. The second-order valence-electron chi connectivity index (χ2n) is 9.39. The van der Waals surface area contributed by atoms with E-state index in [4.69, 9.17) is 10.5 Å². The van der Waals surface area contributed by atoms with Crippen molar-refractivity contribution in [2.24, 2.45) is 17.6 Å². The number of alkyl halides is 4. The van der Waals surface area contributed by atoms with Crippen molar-refractivity contribution in [2.75, 3.05) is 13.7 Å². The van der Waals surface area contributed by atoms with Crippen LogP contribution in [0.4, 0.5) is 17.6 Å². The number of nitrogens with two attached hydrogens (primary N) is 1. The van der Waals surface area contributed by atoms with Crippen molar-refractivity contribution >= 4 is 11.6 Å². The highest BCUT2D eigenvalue weighted by atomic mass is 19.3. The molecule has 2 atom stereocenters. The molecule has 0 saturated heterocycles. The quantitative estimate of drug-likeness (QED) is 0.572. The van der Waals surface area contributed by atoms with Crippen molar-refractivity contribution in [3.63, 3.8) is 0 Å². The van der Waals surface area contributed by atoms with Crippen molar-refractivity contribution in [2.45, 2.75) is 68.9 Å². The third-order valence-electron chi connectivity index (χ3n) is 6.69. The summed E-state index contributed by atoms with van der Waals surface area (Å²) in [7, 11) is 1.50. The number of nitrogens with zero attached hydrogens (tertiary/aromatic N) is 3. The molecule has 0 spiro atoms. The van der Waals surface area contributed by atoms with Gasteiger partial charge in [0.1, 0.15) is 0 Å². The summed E-state index contributed by atoms with van der Waals surface area (Å²) in [5.74, 6) is -6.00. The number of carbonyl (C=O) groups excluding carboxylic acids is 1. The number of rotatable bonds is 8. The van der Waals surface area contributed by atoms with Gasteiger partial charge in [-0.05, 0) is 30.7 Å². The minimum Gasteiger partial charge on any atom is -0.382 e. The van der Waals surface area contributed by atoms with E-state index in [1.807, 2.05) is 0 Å². The van der Waals surface area contributed by atoms with Gasteiger partial charge in [0.05, 0.1) is 36.8 Å². The van der Waals surface area contributed by atoms with E-state index in [1.54, 1.807) is 23.0 Å². The van der Waals surface area contributed by atoms with Gasteiger partial charge in [0.2, 0.25) is 17.8 Å². The van der Waals surface area contributed by atoms with Crippen LogP contribution in [-0.2, 0) is 9.53 Å². The second kappa shape index (κ2) is 9.17. The Morgan fingerprint density at radius 1 is 1.27 bits per heavy atom. The highest BCUT2D eigenvalue weighted by molar-refractivity contribution is 5.77. The van der Waals surface area contributed by atoms with E-state index in [0.717, 1.165) is 0 Å². The number of methoxy groups -OCH3 is 1. The van der Waals surface area contributed by atoms with Gasteiger partial charge in [-0.25, -0.2) is 27.1 Å². The van der Waals surface area contributed by atoms with Crippen LogP contribution in [0.25, 0.3) is 5.65 Å². The normalized spacial score (nSPS) is 22.6. The average molecular weight is 471 g/mol. The molecule has 2 aromatic heterocycles. The van der Waals surface area contributed by atoms with Crippen LogP contribution in [0.2, 0.25) is 0 Å². The molecule has 2 fully saturated rings. The number of ether oxygens (including phenoxy) is 1. The van der Waals surface area contributed by atoms with E-state index in [0.29, 0.717) is 29.7 Å². The van der Waals surface area contributed by atoms with Crippen LogP contribution >= 0.6 is 0 Å². The molecule has 0 radical (unpaired) electrons. The number of fused-ring (bicyclic) bond motifs is 1. The van der Waals surface area contributed by atoms with Crippen LogP contribution in [0.1, 0.15) is 68.3 Å². The number of hydrogen-bond donors (Lipinski definition) is 2. The summed E-state index contributed by atoms with van der Waals surface area (Å²) in [5.41, 5.74) is 8.08. The Bertz CT molecular complexity index is 980. The minimum atomic E-state index is -2.66.